The van der Waals surface area contributed by atoms with E-state index in [0.717, 1.165) is 26.1 Å². The maximum atomic E-state index is 6.37. The molecule has 1 atom stereocenters. The molecule has 2 N–H and O–H groups in total. The minimum Gasteiger partial charge on any atom is -0.383 e. The van der Waals surface area contributed by atoms with Crippen LogP contribution < -0.4 is 5.73 Å². The minimum absolute atomic E-state index is 0.0531. The van der Waals surface area contributed by atoms with Crippen molar-refractivity contribution in [3.8, 4) is 0 Å². The molecule has 0 aromatic heterocycles. The molecule has 0 saturated heterocycles. The zero-order valence-corrected chi connectivity index (χ0v) is 14.3. The number of benzene rings is 1. The van der Waals surface area contributed by atoms with E-state index in [4.69, 9.17) is 10.5 Å². The predicted molar refractivity (Wildman–Crippen MR) is 90.5 cm³/mol. The molecule has 0 aliphatic heterocycles. The third-order valence-electron chi connectivity index (χ3n) is 3.80. The molecule has 0 bridgehead atoms. The number of rotatable bonds is 9. The van der Waals surface area contributed by atoms with Crippen LogP contribution in [0.5, 0.6) is 0 Å². The van der Waals surface area contributed by atoms with E-state index in [1.165, 1.54) is 11.1 Å². The van der Waals surface area contributed by atoms with Gasteiger partial charge in [0, 0.05) is 32.3 Å². The SMILES string of the molecule is COCCN(CC(N)c1ccc(CC(C)C)cc1)C(C)C. The zero-order valence-electron chi connectivity index (χ0n) is 14.3. The van der Waals surface area contributed by atoms with Gasteiger partial charge in [0.25, 0.3) is 0 Å². The highest BCUT2D eigenvalue weighted by Crippen LogP contribution is 2.16. The standard InChI is InChI=1S/C18H32N2O/c1-14(2)12-16-6-8-17(9-7-16)18(19)13-20(15(3)4)10-11-21-5/h6-9,14-15,18H,10-13,19H2,1-5H3. The van der Waals surface area contributed by atoms with Gasteiger partial charge in [-0.3, -0.25) is 4.90 Å². The molecule has 1 unspecified atom stereocenters. The molecule has 120 valence electrons. The van der Waals surface area contributed by atoms with Crippen molar-refractivity contribution in [2.24, 2.45) is 11.7 Å². The van der Waals surface area contributed by atoms with Crippen LogP contribution in [-0.2, 0) is 11.2 Å². The molecule has 0 saturated carbocycles. The summed E-state index contributed by atoms with van der Waals surface area (Å²) < 4.78 is 5.18. The summed E-state index contributed by atoms with van der Waals surface area (Å²) in [5.41, 5.74) is 8.98. The number of nitrogens with zero attached hydrogens (tertiary/aromatic N) is 1. The smallest absolute Gasteiger partial charge is 0.0589 e. The van der Waals surface area contributed by atoms with Crippen molar-refractivity contribution in [3.05, 3.63) is 35.4 Å². The maximum absolute atomic E-state index is 6.37. The average Bonchev–Trinajstić information content (AvgIpc) is 2.43. The molecule has 0 radical (unpaired) electrons. The second-order valence-corrected chi connectivity index (χ2v) is 6.53. The summed E-state index contributed by atoms with van der Waals surface area (Å²) >= 11 is 0. The molecular formula is C18H32N2O. The summed E-state index contributed by atoms with van der Waals surface area (Å²) in [4.78, 5) is 2.37. The Morgan fingerprint density at radius 1 is 1.10 bits per heavy atom. The highest BCUT2D eigenvalue weighted by Gasteiger charge is 2.15. The minimum atomic E-state index is 0.0531. The van der Waals surface area contributed by atoms with Gasteiger partial charge in [0.05, 0.1) is 6.61 Å². The third-order valence-corrected chi connectivity index (χ3v) is 3.80. The van der Waals surface area contributed by atoms with Crippen LogP contribution in [0.2, 0.25) is 0 Å². The fourth-order valence-corrected chi connectivity index (χ4v) is 2.50. The van der Waals surface area contributed by atoms with Crippen molar-refractivity contribution in [2.45, 2.75) is 46.2 Å². The highest BCUT2D eigenvalue weighted by molar-refractivity contribution is 5.25. The summed E-state index contributed by atoms with van der Waals surface area (Å²) in [6, 6.07) is 9.31. The van der Waals surface area contributed by atoms with E-state index in [-0.39, 0.29) is 6.04 Å². The van der Waals surface area contributed by atoms with Crippen LogP contribution in [0.25, 0.3) is 0 Å². The molecule has 0 spiro atoms. The normalized spacial score (nSPS) is 13.4. The average molecular weight is 292 g/mol. The first-order valence-electron chi connectivity index (χ1n) is 8.01. The topological polar surface area (TPSA) is 38.5 Å². The van der Waals surface area contributed by atoms with Crippen LogP contribution in [0.1, 0.15) is 44.9 Å². The number of hydrogen-bond acceptors (Lipinski definition) is 3. The predicted octanol–water partition coefficient (Wildman–Crippen LogP) is 3.24. The molecule has 0 heterocycles. The van der Waals surface area contributed by atoms with Gasteiger partial charge < -0.3 is 10.5 Å². The van der Waals surface area contributed by atoms with Crippen molar-refractivity contribution in [1.29, 1.82) is 0 Å². The lowest BCUT2D eigenvalue weighted by Gasteiger charge is -2.29. The van der Waals surface area contributed by atoms with Crippen molar-refractivity contribution >= 4 is 0 Å². The molecule has 21 heavy (non-hydrogen) atoms. The van der Waals surface area contributed by atoms with Gasteiger partial charge in [0.1, 0.15) is 0 Å². The lowest BCUT2D eigenvalue weighted by molar-refractivity contribution is 0.125. The van der Waals surface area contributed by atoms with Crippen LogP contribution in [0.3, 0.4) is 0 Å². The van der Waals surface area contributed by atoms with Gasteiger partial charge in [-0.15, -0.1) is 0 Å². The van der Waals surface area contributed by atoms with Crippen molar-refractivity contribution in [1.82, 2.24) is 4.90 Å². The van der Waals surface area contributed by atoms with Gasteiger partial charge in [0.2, 0.25) is 0 Å². The first-order valence-corrected chi connectivity index (χ1v) is 8.01. The number of hydrogen-bond donors (Lipinski definition) is 1. The van der Waals surface area contributed by atoms with E-state index in [1.54, 1.807) is 7.11 Å². The van der Waals surface area contributed by atoms with Crippen LogP contribution in [0, 0.1) is 5.92 Å². The van der Waals surface area contributed by atoms with E-state index in [0.29, 0.717) is 12.0 Å². The van der Waals surface area contributed by atoms with Gasteiger partial charge in [-0.2, -0.15) is 0 Å². The monoisotopic (exact) mass is 292 g/mol. The van der Waals surface area contributed by atoms with E-state index < -0.39 is 0 Å². The van der Waals surface area contributed by atoms with Gasteiger partial charge in [-0.25, -0.2) is 0 Å². The third kappa shape index (κ3) is 6.60. The molecule has 1 aromatic rings. The quantitative estimate of drug-likeness (QED) is 0.759. The van der Waals surface area contributed by atoms with E-state index >= 15 is 0 Å². The number of nitrogens with two attached hydrogens (primary N) is 1. The Kier molecular flexibility index (Phi) is 7.94. The van der Waals surface area contributed by atoms with Crippen LogP contribution in [-0.4, -0.2) is 37.7 Å². The van der Waals surface area contributed by atoms with Gasteiger partial charge in [-0.05, 0) is 37.3 Å². The zero-order chi connectivity index (χ0) is 15.8. The molecule has 0 fully saturated rings. The van der Waals surface area contributed by atoms with E-state index in [9.17, 15) is 0 Å². The molecule has 0 amide bonds. The molecule has 3 nitrogen and oxygen atoms in total. The maximum Gasteiger partial charge on any atom is 0.0589 e. The van der Waals surface area contributed by atoms with Crippen molar-refractivity contribution in [3.63, 3.8) is 0 Å². The van der Waals surface area contributed by atoms with E-state index in [2.05, 4.69) is 56.9 Å². The van der Waals surface area contributed by atoms with Crippen LogP contribution >= 0.6 is 0 Å². The lowest BCUT2D eigenvalue weighted by atomic mass is 9.99. The molecule has 1 rings (SSSR count). The summed E-state index contributed by atoms with van der Waals surface area (Å²) in [7, 11) is 1.74. The Labute approximate surface area is 130 Å². The summed E-state index contributed by atoms with van der Waals surface area (Å²) in [5.74, 6) is 0.690. The van der Waals surface area contributed by atoms with Crippen LogP contribution in [0.15, 0.2) is 24.3 Å². The first-order chi connectivity index (χ1) is 9.93. The Morgan fingerprint density at radius 3 is 2.19 bits per heavy atom. The van der Waals surface area contributed by atoms with Crippen molar-refractivity contribution < 1.29 is 4.74 Å². The Hall–Kier alpha value is -0.900. The largest absolute Gasteiger partial charge is 0.383 e. The Morgan fingerprint density at radius 2 is 1.71 bits per heavy atom. The molecule has 3 heteroatoms. The number of methoxy groups -OCH3 is 1. The second-order valence-electron chi connectivity index (χ2n) is 6.53. The summed E-state index contributed by atoms with van der Waals surface area (Å²) in [5, 5.41) is 0. The number of ether oxygens (including phenoxy) is 1. The van der Waals surface area contributed by atoms with Crippen LogP contribution in [0.4, 0.5) is 0 Å². The summed E-state index contributed by atoms with van der Waals surface area (Å²) in [6.07, 6.45) is 1.13. The summed E-state index contributed by atoms with van der Waals surface area (Å²) in [6.45, 7) is 11.4. The molecular weight excluding hydrogens is 260 g/mol. The highest BCUT2D eigenvalue weighted by atomic mass is 16.5. The van der Waals surface area contributed by atoms with Crippen molar-refractivity contribution in [2.75, 3.05) is 26.8 Å². The van der Waals surface area contributed by atoms with E-state index in [1.807, 2.05) is 0 Å². The fourth-order valence-electron chi connectivity index (χ4n) is 2.50. The Bertz CT molecular complexity index is 387. The molecule has 1 aromatic carbocycles. The van der Waals surface area contributed by atoms with Gasteiger partial charge in [0.15, 0.2) is 0 Å². The Balaban J connectivity index is 2.62. The van der Waals surface area contributed by atoms with Gasteiger partial charge in [-0.1, -0.05) is 38.1 Å². The second kappa shape index (κ2) is 9.19. The molecule has 0 aliphatic carbocycles. The fraction of sp³-hybridized carbons (Fsp3) is 0.667. The first kappa shape index (κ1) is 18.1. The van der Waals surface area contributed by atoms with Gasteiger partial charge >= 0.3 is 0 Å². The lowest BCUT2D eigenvalue weighted by Crippen LogP contribution is -2.39. The molecule has 0 aliphatic rings.